The van der Waals surface area contributed by atoms with E-state index in [1.54, 1.807) is 0 Å². The quantitative estimate of drug-likeness (QED) is 0.801. The minimum absolute atomic E-state index is 0.0440. The molecule has 5 heteroatoms. The van der Waals surface area contributed by atoms with E-state index in [9.17, 15) is 4.79 Å². The van der Waals surface area contributed by atoms with Gasteiger partial charge in [0.05, 0.1) is 15.3 Å². The van der Waals surface area contributed by atoms with Crippen LogP contribution in [0.25, 0.3) is 0 Å². The van der Waals surface area contributed by atoms with Crippen molar-refractivity contribution in [2.24, 2.45) is 0 Å². The van der Waals surface area contributed by atoms with Gasteiger partial charge in [-0.2, -0.15) is 0 Å². The molecule has 3 rings (SSSR count). The van der Waals surface area contributed by atoms with Gasteiger partial charge in [0.25, 0.3) is 0 Å². The summed E-state index contributed by atoms with van der Waals surface area (Å²) < 4.78 is 0.690. The first kappa shape index (κ1) is 14.5. The Morgan fingerprint density at radius 3 is 2.80 bits per heavy atom. The summed E-state index contributed by atoms with van der Waals surface area (Å²) in [6.07, 6.45) is 3.76. The fourth-order valence-corrected chi connectivity index (χ4v) is 4.57. The van der Waals surface area contributed by atoms with Crippen LogP contribution in [-0.2, 0) is 0 Å². The molecule has 0 spiro atoms. The number of carbonyl (C=O) groups excluding carboxylic acids is 1. The largest absolute Gasteiger partial charge is 0.299 e. The molecule has 0 radical (unpaired) electrons. The van der Waals surface area contributed by atoms with Gasteiger partial charge in [0, 0.05) is 25.2 Å². The maximum atomic E-state index is 12.6. The Balaban J connectivity index is 1.71. The average Bonchev–Trinajstić information content (AvgIpc) is 2.93. The number of fused-ring (bicyclic) bond motifs is 2. The van der Waals surface area contributed by atoms with Crippen molar-refractivity contribution in [2.75, 3.05) is 20.1 Å². The minimum Gasteiger partial charge on any atom is -0.299 e. The van der Waals surface area contributed by atoms with Gasteiger partial charge in [0.2, 0.25) is 0 Å². The third kappa shape index (κ3) is 2.67. The van der Waals surface area contributed by atoms with Crippen LogP contribution in [0.5, 0.6) is 0 Å². The highest BCUT2D eigenvalue weighted by atomic mass is 35.5. The van der Waals surface area contributed by atoms with Crippen LogP contribution in [0.1, 0.15) is 35.9 Å². The van der Waals surface area contributed by atoms with Crippen LogP contribution in [0.15, 0.2) is 12.1 Å². The highest BCUT2D eigenvalue weighted by Crippen LogP contribution is 2.30. The molecule has 20 heavy (non-hydrogen) atoms. The fraction of sp³-hybridized carbons (Fsp3) is 0.667. The molecule has 0 saturated carbocycles. The summed E-state index contributed by atoms with van der Waals surface area (Å²) >= 11 is 7.33. The van der Waals surface area contributed by atoms with Crippen molar-refractivity contribution in [3.63, 3.8) is 0 Å². The summed E-state index contributed by atoms with van der Waals surface area (Å²) in [6, 6.07) is 4.94. The van der Waals surface area contributed by atoms with Crippen molar-refractivity contribution >= 4 is 28.7 Å². The molecule has 0 N–H and O–H groups in total. The van der Waals surface area contributed by atoms with Gasteiger partial charge < -0.3 is 0 Å². The van der Waals surface area contributed by atoms with E-state index in [-0.39, 0.29) is 11.8 Å². The first-order valence-electron chi connectivity index (χ1n) is 7.32. The molecule has 3 unspecified atom stereocenters. The third-order valence-electron chi connectivity index (χ3n) is 4.92. The lowest BCUT2D eigenvalue weighted by Crippen LogP contribution is -2.44. The summed E-state index contributed by atoms with van der Waals surface area (Å²) in [4.78, 5) is 18.2. The van der Waals surface area contributed by atoms with Gasteiger partial charge in [-0.3, -0.25) is 14.6 Å². The zero-order valence-corrected chi connectivity index (χ0v) is 13.6. The molecule has 2 saturated heterocycles. The fourth-order valence-electron chi connectivity index (χ4n) is 3.51. The number of ketones is 1. The predicted molar refractivity (Wildman–Crippen MR) is 83.9 cm³/mol. The van der Waals surface area contributed by atoms with Crippen LogP contribution in [0.4, 0.5) is 0 Å². The molecule has 3 nitrogen and oxygen atoms in total. The number of hydrogen-bond donors (Lipinski definition) is 0. The zero-order valence-electron chi connectivity index (χ0n) is 12.0. The Labute approximate surface area is 129 Å². The van der Waals surface area contributed by atoms with Crippen LogP contribution in [-0.4, -0.2) is 53.8 Å². The summed E-state index contributed by atoms with van der Waals surface area (Å²) in [5.41, 5.74) is 0. The summed E-state index contributed by atoms with van der Waals surface area (Å²) in [5.74, 6) is 0.210. The number of halogens is 1. The lowest BCUT2D eigenvalue weighted by molar-refractivity contribution is 0.0828. The molecular weight excluding hydrogens is 292 g/mol. The number of carbonyl (C=O) groups is 1. The molecule has 2 aliphatic rings. The molecular formula is C15H21ClN2OS. The molecule has 1 aromatic heterocycles. The van der Waals surface area contributed by atoms with Gasteiger partial charge in [0.15, 0.2) is 5.78 Å². The third-order valence-corrected chi connectivity index (χ3v) is 6.17. The number of Topliss-reactive ketones (excluding diaryl/α,β-unsaturated/α-hetero) is 1. The van der Waals surface area contributed by atoms with E-state index in [0.29, 0.717) is 16.4 Å². The van der Waals surface area contributed by atoms with Crippen LogP contribution >= 0.6 is 22.9 Å². The lowest BCUT2D eigenvalue weighted by atomic mass is 10.1. The maximum Gasteiger partial charge on any atom is 0.189 e. The van der Waals surface area contributed by atoms with Crippen LogP contribution < -0.4 is 0 Å². The molecule has 3 heterocycles. The van der Waals surface area contributed by atoms with Gasteiger partial charge >= 0.3 is 0 Å². The number of rotatable bonds is 3. The highest BCUT2D eigenvalue weighted by molar-refractivity contribution is 7.18. The summed E-state index contributed by atoms with van der Waals surface area (Å²) in [7, 11) is 2.23. The van der Waals surface area contributed by atoms with Crippen LogP contribution in [0, 0.1) is 0 Å². The molecule has 110 valence electrons. The number of likely N-dealkylation sites (N-methyl/N-ethyl adjacent to an activating group) is 1. The Morgan fingerprint density at radius 2 is 2.10 bits per heavy atom. The summed E-state index contributed by atoms with van der Waals surface area (Å²) in [6.45, 7) is 4.07. The zero-order chi connectivity index (χ0) is 14.3. The SMILES string of the molecule is CC(C(=O)c1ccc(Cl)s1)N1CCC2CCC(C1)N2C. The Hall–Kier alpha value is -0.420. The second-order valence-electron chi connectivity index (χ2n) is 5.98. The lowest BCUT2D eigenvalue weighted by Gasteiger charge is -2.29. The second-order valence-corrected chi connectivity index (χ2v) is 7.69. The highest BCUT2D eigenvalue weighted by Gasteiger charge is 2.37. The first-order chi connectivity index (χ1) is 9.56. The maximum absolute atomic E-state index is 12.6. The van der Waals surface area contributed by atoms with E-state index < -0.39 is 0 Å². The van der Waals surface area contributed by atoms with Crippen molar-refractivity contribution in [1.29, 1.82) is 0 Å². The van der Waals surface area contributed by atoms with E-state index in [0.717, 1.165) is 18.0 Å². The van der Waals surface area contributed by atoms with Crippen molar-refractivity contribution in [3.05, 3.63) is 21.3 Å². The first-order valence-corrected chi connectivity index (χ1v) is 8.51. The standard InChI is InChI=1S/C15H21ClN2OS/c1-10(15(19)13-5-6-14(16)20-13)18-8-7-11-3-4-12(9-18)17(11)2/h5-6,10-12H,3-4,7-9H2,1-2H3. The van der Waals surface area contributed by atoms with E-state index in [1.807, 2.05) is 19.1 Å². The smallest absolute Gasteiger partial charge is 0.189 e. The van der Waals surface area contributed by atoms with Gasteiger partial charge in [-0.15, -0.1) is 11.3 Å². The molecule has 0 aromatic carbocycles. The number of likely N-dealkylation sites (tertiary alicyclic amines) is 1. The van der Waals surface area contributed by atoms with Crippen LogP contribution in [0.3, 0.4) is 0 Å². The van der Waals surface area contributed by atoms with E-state index in [1.165, 1.54) is 30.6 Å². The van der Waals surface area contributed by atoms with Gasteiger partial charge in [-0.05, 0) is 45.4 Å². The molecule has 3 atom stereocenters. The second kappa shape index (κ2) is 5.76. The van der Waals surface area contributed by atoms with Gasteiger partial charge in [-0.1, -0.05) is 11.6 Å². The molecule has 1 aromatic rings. The van der Waals surface area contributed by atoms with E-state index in [4.69, 9.17) is 11.6 Å². The topological polar surface area (TPSA) is 23.6 Å². The van der Waals surface area contributed by atoms with E-state index in [2.05, 4.69) is 16.8 Å². The minimum atomic E-state index is -0.0440. The molecule has 2 aliphatic heterocycles. The van der Waals surface area contributed by atoms with Gasteiger partial charge in [-0.25, -0.2) is 0 Å². The molecule has 2 bridgehead atoms. The molecule has 0 aliphatic carbocycles. The van der Waals surface area contributed by atoms with Crippen molar-refractivity contribution < 1.29 is 4.79 Å². The number of nitrogens with zero attached hydrogens (tertiary/aromatic N) is 2. The number of thiophene rings is 1. The van der Waals surface area contributed by atoms with Gasteiger partial charge in [0.1, 0.15) is 0 Å². The van der Waals surface area contributed by atoms with Crippen molar-refractivity contribution in [1.82, 2.24) is 9.80 Å². The average molecular weight is 313 g/mol. The van der Waals surface area contributed by atoms with Crippen molar-refractivity contribution in [2.45, 2.75) is 44.3 Å². The van der Waals surface area contributed by atoms with E-state index >= 15 is 0 Å². The van der Waals surface area contributed by atoms with Crippen LogP contribution in [0.2, 0.25) is 4.34 Å². The number of hydrogen-bond acceptors (Lipinski definition) is 4. The Morgan fingerprint density at radius 1 is 1.35 bits per heavy atom. The Bertz CT molecular complexity index is 504. The molecule has 2 fully saturated rings. The predicted octanol–water partition coefficient (Wildman–Crippen LogP) is 3.14. The van der Waals surface area contributed by atoms with Crippen molar-refractivity contribution in [3.8, 4) is 0 Å². The molecule has 0 amide bonds. The summed E-state index contributed by atoms with van der Waals surface area (Å²) in [5, 5.41) is 0. The normalized spacial score (nSPS) is 29.4. The monoisotopic (exact) mass is 312 g/mol. The Kier molecular flexibility index (Phi) is 4.18.